The normalized spacial score (nSPS) is 42.0. The van der Waals surface area contributed by atoms with Gasteiger partial charge in [-0.25, -0.2) is 0 Å². The van der Waals surface area contributed by atoms with Gasteiger partial charge in [-0.05, 0) is 66.5 Å². The fraction of sp³-hybridized carbons (Fsp3) is 1.00. The Morgan fingerprint density at radius 1 is 1.06 bits per heavy atom. The standard InChI is InChI=1S/C16H30N2/c1-13-10-16(12-17-8-6-5-7-9-17)11-14(16)18(13)15(2,3)4/h13-14H,5-12H2,1-4H3/t13-,14?,16?/m1/s1. The van der Waals surface area contributed by atoms with Gasteiger partial charge in [-0.1, -0.05) is 6.42 Å². The van der Waals surface area contributed by atoms with Gasteiger partial charge in [0, 0.05) is 29.6 Å². The van der Waals surface area contributed by atoms with E-state index in [0.29, 0.717) is 11.0 Å². The van der Waals surface area contributed by atoms with Gasteiger partial charge < -0.3 is 4.90 Å². The molecule has 0 amide bonds. The maximum absolute atomic E-state index is 2.80. The summed E-state index contributed by atoms with van der Waals surface area (Å²) in [6.45, 7) is 13.7. The molecule has 2 aliphatic heterocycles. The molecule has 3 rings (SSSR count). The summed E-state index contributed by atoms with van der Waals surface area (Å²) < 4.78 is 0. The molecule has 2 heteroatoms. The minimum absolute atomic E-state index is 0.351. The van der Waals surface area contributed by atoms with Crippen LogP contribution in [0.1, 0.15) is 59.8 Å². The highest BCUT2D eigenvalue weighted by molar-refractivity contribution is 5.19. The van der Waals surface area contributed by atoms with E-state index in [0.717, 1.165) is 12.1 Å². The zero-order valence-electron chi connectivity index (χ0n) is 12.7. The van der Waals surface area contributed by atoms with E-state index >= 15 is 0 Å². The average molecular weight is 250 g/mol. The van der Waals surface area contributed by atoms with Crippen molar-refractivity contribution in [2.45, 2.75) is 77.4 Å². The van der Waals surface area contributed by atoms with Crippen LogP contribution in [0.5, 0.6) is 0 Å². The van der Waals surface area contributed by atoms with Gasteiger partial charge in [0.25, 0.3) is 0 Å². The molecular formula is C16H30N2. The SMILES string of the molecule is C[C@@H]1CC2(CN3CCCCC3)CC2N1C(C)(C)C. The summed E-state index contributed by atoms with van der Waals surface area (Å²) in [4.78, 5) is 5.55. The number of rotatable bonds is 2. The third-order valence-corrected chi connectivity index (χ3v) is 5.42. The van der Waals surface area contributed by atoms with Gasteiger partial charge in [0.15, 0.2) is 0 Å². The van der Waals surface area contributed by atoms with Crippen LogP contribution < -0.4 is 0 Å². The molecule has 104 valence electrons. The van der Waals surface area contributed by atoms with Crippen LogP contribution >= 0.6 is 0 Å². The van der Waals surface area contributed by atoms with Crippen molar-refractivity contribution >= 4 is 0 Å². The predicted octanol–water partition coefficient (Wildman–Crippen LogP) is 3.12. The van der Waals surface area contributed by atoms with Crippen LogP contribution in [0.3, 0.4) is 0 Å². The van der Waals surface area contributed by atoms with Crippen LogP contribution in [0, 0.1) is 5.41 Å². The molecule has 1 saturated carbocycles. The fourth-order valence-electron chi connectivity index (χ4n) is 4.86. The van der Waals surface area contributed by atoms with Gasteiger partial charge in [-0.2, -0.15) is 0 Å². The highest BCUT2D eigenvalue weighted by Gasteiger charge is 2.65. The lowest BCUT2D eigenvalue weighted by atomic mass is 9.98. The van der Waals surface area contributed by atoms with Crippen LogP contribution in [-0.4, -0.2) is 47.1 Å². The number of likely N-dealkylation sites (tertiary alicyclic amines) is 2. The van der Waals surface area contributed by atoms with Gasteiger partial charge in [-0.3, -0.25) is 4.90 Å². The lowest BCUT2D eigenvalue weighted by Crippen LogP contribution is -2.45. The van der Waals surface area contributed by atoms with Crippen LogP contribution in [0.4, 0.5) is 0 Å². The Kier molecular flexibility index (Phi) is 3.02. The summed E-state index contributed by atoms with van der Waals surface area (Å²) in [6, 6.07) is 1.67. The van der Waals surface area contributed by atoms with Crippen molar-refractivity contribution < 1.29 is 0 Å². The Balaban J connectivity index is 1.65. The van der Waals surface area contributed by atoms with Crippen LogP contribution in [0.25, 0.3) is 0 Å². The molecule has 2 heterocycles. The number of fused-ring (bicyclic) bond motifs is 1. The number of piperidine rings is 2. The second-order valence-electron chi connectivity index (χ2n) is 8.05. The Hall–Kier alpha value is -0.0800. The molecule has 0 N–H and O–H groups in total. The Morgan fingerprint density at radius 2 is 1.72 bits per heavy atom. The first-order valence-electron chi connectivity index (χ1n) is 7.93. The quantitative estimate of drug-likeness (QED) is 0.743. The molecule has 0 aromatic carbocycles. The predicted molar refractivity (Wildman–Crippen MR) is 76.8 cm³/mol. The van der Waals surface area contributed by atoms with Gasteiger partial charge in [0.05, 0.1) is 0 Å². The highest BCUT2D eigenvalue weighted by atomic mass is 15.3. The van der Waals surface area contributed by atoms with Crippen molar-refractivity contribution in [3.63, 3.8) is 0 Å². The molecule has 3 fully saturated rings. The van der Waals surface area contributed by atoms with Crippen molar-refractivity contribution in [2.24, 2.45) is 5.41 Å². The monoisotopic (exact) mass is 250 g/mol. The van der Waals surface area contributed by atoms with Gasteiger partial charge in [-0.15, -0.1) is 0 Å². The minimum Gasteiger partial charge on any atom is -0.303 e. The number of hydrogen-bond acceptors (Lipinski definition) is 2. The first-order chi connectivity index (χ1) is 8.42. The lowest BCUT2D eigenvalue weighted by molar-refractivity contribution is 0.104. The van der Waals surface area contributed by atoms with E-state index in [-0.39, 0.29) is 0 Å². The van der Waals surface area contributed by atoms with E-state index in [4.69, 9.17) is 0 Å². The van der Waals surface area contributed by atoms with E-state index in [1.165, 1.54) is 51.7 Å². The molecule has 0 aromatic rings. The molecule has 18 heavy (non-hydrogen) atoms. The second kappa shape index (κ2) is 4.21. The van der Waals surface area contributed by atoms with E-state index in [1.54, 1.807) is 0 Å². The van der Waals surface area contributed by atoms with Gasteiger partial charge in [0.2, 0.25) is 0 Å². The average Bonchev–Trinajstić information content (AvgIpc) is 2.82. The topological polar surface area (TPSA) is 6.48 Å². The summed E-state index contributed by atoms with van der Waals surface area (Å²) in [5.41, 5.74) is 1.02. The van der Waals surface area contributed by atoms with Crippen molar-refractivity contribution in [3.8, 4) is 0 Å². The van der Waals surface area contributed by atoms with Crippen molar-refractivity contribution in [1.29, 1.82) is 0 Å². The van der Waals surface area contributed by atoms with E-state index in [9.17, 15) is 0 Å². The summed E-state index contributed by atoms with van der Waals surface area (Å²) in [6.07, 6.45) is 7.21. The number of hydrogen-bond donors (Lipinski definition) is 0. The smallest absolute Gasteiger partial charge is 0.0179 e. The third-order valence-electron chi connectivity index (χ3n) is 5.42. The zero-order valence-corrected chi connectivity index (χ0v) is 12.7. The van der Waals surface area contributed by atoms with Crippen LogP contribution in [0.2, 0.25) is 0 Å². The molecule has 0 aromatic heterocycles. The summed E-state index contributed by atoms with van der Waals surface area (Å²) in [7, 11) is 0. The Labute approximate surface area is 113 Å². The summed E-state index contributed by atoms with van der Waals surface area (Å²) in [5.74, 6) is 0. The fourth-order valence-corrected chi connectivity index (χ4v) is 4.86. The molecule has 2 nitrogen and oxygen atoms in total. The van der Waals surface area contributed by atoms with Crippen molar-refractivity contribution in [3.05, 3.63) is 0 Å². The van der Waals surface area contributed by atoms with Crippen LogP contribution in [0.15, 0.2) is 0 Å². The van der Waals surface area contributed by atoms with Crippen molar-refractivity contribution in [2.75, 3.05) is 19.6 Å². The van der Waals surface area contributed by atoms with Gasteiger partial charge in [0.1, 0.15) is 0 Å². The molecule has 2 saturated heterocycles. The summed E-state index contributed by atoms with van der Waals surface area (Å²) in [5, 5.41) is 0. The van der Waals surface area contributed by atoms with E-state index < -0.39 is 0 Å². The molecule has 0 bridgehead atoms. The lowest BCUT2D eigenvalue weighted by Gasteiger charge is -2.37. The molecule has 0 spiro atoms. The molecular weight excluding hydrogens is 220 g/mol. The highest BCUT2D eigenvalue weighted by Crippen LogP contribution is 2.61. The molecule has 3 aliphatic rings. The molecule has 2 unspecified atom stereocenters. The Morgan fingerprint density at radius 3 is 2.28 bits per heavy atom. The van der Waals surface area contributed by atoms with E-state index in [1.807, 2.05) is 0 Å². The maximum Gasteiger partial charge on any atom is 0.0179 e. The molecule has 3 atom stereocenters. The zero-order chi connectivity index (χ0) is 13.0. The third kappa shape index (κ3) is 2.12. The maximum atomic E-state index is 2.80. The van der Waals surface area contributed by atoms with Crippen LogP contribution in [-0.2, 0) is 0 Å². The minimum atomic E-state index is 0.351. The summed E-state index contributed by atoms with van der Waals surface area (Å²) >= 11 is 0. The van der Waals surface area contributed by atoms with Gasteiger partial charge >= 0.3 is 0 Å². The molecule has 1 aliphatic carbocycles. The largest absolute Gasteiger partial charge is 0.303 e. The number of nitrogens with zero attached hydrogens (tertiary/aromatic N) is 2. The second-order valence-corrected chi connectivity index (χ2v) is 8.05. The molecule has 0 radical (unpaired) electrons. The van der Waals surface area contributed by atoms with Crippen molar-refractivity contribution in [1.82, 2.24) is 9.80 Å². The first-order valence-corrected chi connectivity index (χ1v) is 7.93. The first kappa shape index (κ1) is 12.9. The van der Waals surface area contributed by atoms with E-state index in [2.05, 4.69) is 37.5 Å². The Bertz CT molecular complexity index is 314.